The quantitative estimate of drug-likeness (QED) is 0.366. The molecule has 0 aliphatic heterocycles. The van der Waals surface area contributed by atoms with E-state index in [1.54, 1.807) is 42.5 Å². The predicted molar refractivity (Wildman–Crippen MR) is 90.3 cm³/mol. The van der Waals surface area contributed by atoms with E-state index in [0.717, 1.165) is 0 Å². The smallest absolute Gasteiger partial charge is 0.275 e. The highest BCUT2D eigenvalue weighted by atomic mass is 16.6. The van der Waals surface area contributed by atoms with Gasteiger partial charge in [0.2, 0.25) is 0 Å². The molecule has 7 heteroatoms. The highest BCUT2D eigenvalue weighted by Crippen LogP contribution is 2.17. The van der Waals surface area contributed by atoms with Crippen LogP contribution in [0.15, 0.2) is 66.3 Å². The molecular weight excluding hydrogens is 310 g/mol. The van der Waals surface area contributed by atoms with E-state index in [0.29, 0.717) is 16.9 Å². The number of ether oxygens (including phenoxy) is 1. The SMILES string of the molecule is C=CCOc1ccccc1C(=O)N/N=C/c1cccc([N+](=O)[O-])c1. The lowest BCUT2D eigenvalue weighted by Gasteiger charge is -2.08. The van der Waals surface area contributed by atoms with Crippen molar-refractivity contribution in [3.05, 3.63) is 82.4 Å². The first kappa shape index (κ1) is 16.9. The molecule has 122 valence electrons. The molecule has 0 spiro atoms. The van der Waals surface area contributed by atoms with Crippen LogP contribution in [0.1, 0.15) is 15.9 Å². The summed E-state index contributed by atoms with van der Waals surface area (Å²) in [4.78, 5) is 22.4. The Hall–Kier alpha value is -3.48. The number of carbonyl (C=O) groups excluding carboxylic acids is 1. The number of non-ortho nitro benzene ring substituents is 1. The van der Waals surface area contributed by atoms with E-state index in [-0.39, 0.29) is 12.3 Å². The van der Waals surface area contributed by atoms with E-state index in [1.165, 1.54) is 18.3 Å². The van der Waals surface area contributed by atoms with Crippen LogP contribution in [0.5, 0.6) is 5.75 Å². The summed E-state index contributed by atoms with van der Waals surface area (Å²) in [5, 5.41) is 14.5. The molecule has 0 radical (unpaired) electrons. The summed E-state index contributed by atoms with van der Waals surface area (Å²) in [5.41, 5.74) is 3.15. The Labute approximate surface area is 138 Å². The lowest BCUT2D eigenvalue weighted by Crippen LogP contribution is -2.18. The number of amides is 1. The Balaban J connectivity index is 2.06. The van der Waals surface area contributed by atoms with E-state index in [9.17, 15) is 14.9 Å². The maximum absolute atomic E-state index is 12.2. The minimum Gasteiger partial charge on any atom is -0.489 e. The summed E-state index contributed by atoms with van der Waals surface area (Å²) in [7, 11) is 0. The Morgan fingerprint density at radius 2 is 2.08 bits per heavy atom. The van der Waals surface area contributed by atoms with Crippen molar-refractivity contribution in [1.29, 1.82) is 0 Å². The van der Waals surface area contributed by atoms with Crippen molar-refractivity contribution in [3.8, 4) is 5.75 Å². The maximum Gasteiger partial charge on any atom is 0.275 e. The number of nitrogens with zero attached hydrogens (tertiary/aromatic N) is 2. The van der Waals surface area contributed by atoms with Gasteiger partial charge < -0.3 is 4.74 Å². The van der Waals surface area contributed by atoms with Gasteiger partial charge in [-0.15, -0.1) is 0 Å². The lowest BCUT2D eigenvalue weighted by atomic mass is 10.2. The molecule has 7 nitrogen and oxygen atoms in total. The number of nitro groups is 1. The van der Waals surface area contributed by atoms with Crippen LogP contribution in [0.2, 0.25) is 0 Å². The molecule has 24 heavy (non-hydrogen) atoms. The van der Waals surface area contributed by atoms with Gasteiger partial charge in [0.05, 0.1) is 16.7 Å². The van der Waals surface area contributed by atoms with Gasteiger partial charge in [-0.2, -0.15) is 5.10 Å². The fraction of sp³-hybridized carbons (Fsp3) is 0.0588. The Bertz CT molecular complexity index is 787. The molecular formula is C17H15N3O4. The van der Waals surface area contributed by atoms with Crippen molar-refractivity contribution in [1.82, 2.24) is 5.43 Å². The molecule has 0 aromatic heterocycles. The number of para-hydroxylation sites is 1. The molecule has 1 amide bonds. The number of hydrazone groups is 1. The second-order valence-electron chi connectivity index (χ2n) is 4.65. The van der Waals surface area contributed by atoms with Crippen LogP contribution in [0.3, 0.4) is 0 Å². The van der Waals surface area contributed by atoms with Gasteiger partial charge in [0.15, 0.2) is 0 Å². The largest absolute Gasteiger partial charge is 0.489 e. The lowest BCUT2D eigenvalue weighted by molar-refractivity contribution is -0.384. The van der Waals surface area contributed by atoms with Gasteiger partial charge in [-0.05, 0) is 12.1 Å². The second kappa shape index (κ2) is 8.23. The summed E-state index contributed by atoms with van der Waals surface area (Å²) in [6.45, 7) is 3.83. The summed E-state index contributed by atoms with van der Waals surface area (Å²) in [6.07, 6.45) is 2.91. The monoisotopic (exact) mass is 325 g/mol. The predicted octanol–water partition coefficient (Wildman–Crippen LogP) is 2.92. The van der Waals surface area contributed by atoms with Crippen LogP contribution >= 0.6 is 0 Å². The van der Waals surface area contributed by atoms with E-state index >= 15 is 0 Å². The van der Waals surface area contributed by atoms with Gasteiger partial charge >= 0.3 is 0 Å². The molecule has 2 aromatic carbocycles. The molecule has 2 rings (SSSR count). The molecule has 0 heterocycles. The molecule has 0 fully saturated rings. The molecule has 0 atom stereocenters. The molecule has 0 saturated heterocycles. The van der Waals surface area contributed by atoms with Crippen molar-refractivity contribution >= 4 is 17.8 Å². The van der Waals surface area contributed by atoms with Crippen LogP contribution in [-0.2, 0) is 0 Å². The molecule has 0 bridgehead atoms. The third-order valence-electron chi connectivity index (χ3n) is 2.95. The Morgan fingerprint density at radius 3 is 2.83 bits per heavy atom. The van der Waals surface area contributed by atoms with E-state index in [1.807, 2.05) is 0 Å². The van der Waals surface area contributed by atoms with Crippen LogP contribution in [0.25, 0.3) is 0 Å². The van der Waals surface area contributed by atoms with E-state index < -0.39 is 10.8 Å². The molecule has 1 N–H and O–H groups in total. The molecule has 2 aromatic rings. The molecule has 0 aliphatic rings. The number of rotatable bonds is 7. The van der Waals surface area contributed by atoms with Crippen molar-refractivity contribution in [2.75, 3.05) is 6.61 Å². The summed E-state index contributed by atoms with van der Waals surface area (Å²) in [6, 6.07) is 12.7. The van der Waals surface area contributed by atoms with Crippen LogP contribution in [0, 0.1) is 10.1 Å². The average Bonchev–Trinajstić information content (AvgIpc) is 2.60. The van der Waals surface area contributed by atoms with E-state index in [2.05, 4.69) is 17.1 Å². The Morgan fingerprint density at radius 1 is 1.29 bits per heavy atom. The third-order valence-corrected chi connectivity index (χ3v) is 2.95. The van der Waals surface area contributed by atoms with Crippen LogP contribution in [-0.4, -0.2) is 23.7 Å². The van der Waals surface area contributed by atoms with E-state index in [4.69, 9.17) is 4.74 Å². The van der Waals surface area contributed by atoms with Gasteiger partial charge in [0.25, 0.3) is 11.6 Å². The highest BCUT2D eigenvalue weighted by molar-refractivity contribution is 5.97. The van der Waals surface area contributed by atoms with Crippen molar-refractivity contribution in [2.45, 2.75) is 0 Å². The minimum absolute atomic E-state index is 0.0477. The molecule has 0 aliphatic carbocycles. The number of hydrogen-bond donors (Lipinski definition) is 1. The zero-order valence-corrected chi connectivity index (χ0v) is 12.7. The average molecular weight is 325 g/mol. The first-order chi connectivity index (χ1) is 11.6. The van der Waals surface area contributed by atoms with Gasteiger partial charge in [-0.3, -0.25) is 14.9 Å². The topological polar surface area (TPSA) is 93.8 Å². The van der Waals surface area contributed by atoms with Crippen LogP contribution in [0.4, 0.5) is 5.69 Å². The normalized spacial score (nSPS) is 10.3. The molecule has 0 saturated carbocycles. The number of nitro benzene ring substituents is 1. The minimum atomic E-state index is -0.497. The third kappa shape index (κ3) is 4.51. The zero-order valence-electron chi connectivity index (χ0n) is 12.7. The maximum atomic E-state index is 12.2. The summed E-state index contributed by atoms with van der Waals surface area (Å²) >= 11 is 0. The fourth-order valence-corrected chi connectivity index (χ4v) is 1.87. The highest BCUT2D eigenvalue weighted by Gasteiger charge is 2.11. The molecule has 0 unspecified atom stereocenters. The zero-order chi connectivity index (χ0) is 17.4. The number of benzene rings is 2. The van der Waals surface area contributed by atoms with Crippen molar-refractivity contribution in [3.63, 3.8) is 0 Å². The standard InChI is InChI=1S/C17H15N3O4/c1-2-10-24-16-9-4-3-8-15(16)17(21)19-18-12-13-6-5-7-14(11-13)20(22)23/h2-9,11-12H,1,10H2,(H,19,21)/b18-12+. The van der Waals surface area contributed by atoms with Crippen molar-refractivity contribution < 1.29 is 14.5 Å². The van der Waals surface area contributed by atoms with Gasteiger partial charge in [0.1, 0.15) is 12.4 Å². The second-order valence-corrected chi connectivity index (χ2v) is 4.65. The Kier molecular flexibility index (Phi) is 5.79. The summed E-state index contributed by atoms with van der Waals surface area (Å²) in [5.74, 6) is -0.0307. The van der Waals surface area contributed by atoms with Crippen molar-refractivity contribution in [2.24, 2.45) is 5.10 Å². The number of hydrogen-bond acceptors (Lipinski definition) is 5. The van der Waals surface area contributed by atoms with Gasteiger partial charge in [-0.1, -0.05) is 36.9 Å². The number of carbonyl (C=O) groups is 1. The number of nitrogens with one attached hydrogen (secondary N) is 1. The van der Waals surface area contributed by atoms with Gasteiger partial charge in [0, 0.05) is 17.7 Å². The fourth-order valence-electron chi connectivity index (χ4n) is 1.87. The van der Waals surface area contributed by atoms with Crippen LogP contribution < -0.4 is 10.2 Å². The first-order valence-electron chi connectivity index (χ1n) is 7.02. The summed E-state index contributed by atoms with van der Waals surface area (Å²) < 4.78 is 5.41. The first-order valence-corrected chi connectivity index (χ1v) is 7.02. The van der Waals surface area contributed by atoms with Gasteiger partial charge in [-0.25, -0.2) is 5.43 Å².